The third-order valence-electron chi connectivity index (χ3n) is 2.68. The van der Waals surface area contributed by atoms with Crippen LogP contribution in [0.5, 0.6) is 0 Å². The Hall–Kier alpha value is -1.13. The Morgan fingerprint density at radius 2 is 1.95 bits per heavy atom. The van der Waals surface area contributed by atoms with Crippen molar-refractivity contribution in [3.63, 3.8) is 0 Å². The van der Waals surface area contributed by atoms with E-state index in [1.165, 1.54) is 7.92 Å². The van der Waals surface area contributed by atoms with Crippen LogP contribution in [-0.4, -0.2) is 25.7 Å². The van der Waals surface area contributed by atoms with Crippen molar-refractivity contribution < 1.29 is 0 Å². The van der Waals surface area contributed by atoms with Crippen molar-refractivity contribution in [2.75, 3.05) is 5.73 Å². The van der Waals surface area contributed by atoms with Crippen LogP contribution in [-0.2, 0) is 0 Å². The Balaban J connectivity index is 2.07. The summed E-state index contributed by atoms with van der Waals surface area (Å²) in [6.07, 6.45) is 1.64. The van der Waals surface area contributed by atoms with E-state index < -0.39 is 0 Å². The Labute approximate surface area is 131 Å². The molecule has 5 heteroatoms. The second-order valence-corrected chi connectivity index (χ2v) is 7.75. The summed E-state index contributed by atoms with van der Waals surface area (Å²) < 4.78 is 3.70. The molecule has 3 nitrogen and oxygen atoms in total. The summed E-state index contributed by atoms with van der Waals surface area (Å²) in [7, 11) is 0. The molecule has 2 aromatic carbocycles. The first-order chi connectivity index (χ1) is 9.22. The van der Waals surface area contributed by atoms with Crippen LogP contribution in [0.2, 0.25) is 0 Å². The third kappa shape index (κ3) is 2.90. The third-order valence-corrected chi connectivity index (χ3v) is 5.67. The SMILES string of the molecule is Nc1ccc2ncnc([As]c3cccc(I)c3)c2c1. The standard InChI is InChI=1S/C14H10AsIN3/c16-10-3-1-2-9(6-10)15-14-12-7-11(17)4-5-13(12)18-8-19-14/h1-8H,17H2. The van der Waals surface area contributed by atoms with E-state index in [0.717, 1.165) is 21.1 Å². The Morgan fingerprint density at radius 1 is 1.05 bits per heavy atom. The fourth-order valence-electron chi connectivity index (χ4n) is 1.82. The zero-order chi connectivity index (χ0) is 13.2. The summed E-state index contributed by atoms with van der Waals surface area (Å²) in [5, 5.41) is 1.07. The quantitative estimate of drug-likeness (QED) is 0.387. The summed E-state index contributed by atoms with van der Waals surface area (Å²) in [6, 6.07) is 14.3. The monoisotopic (exact) mass is 422 g/mol. The number of halogens is 1. The van der Waals surface area contributed by atoms with Crippen LogP contribution >= 0.6 is 22.6 Å². The van der Waals surface area contributed by atoms with Gasteiger partial charge >= 0.3 is 132 Å². The number of aromatic nitrogens is 2. The molecule has 0 bridgehead atoms. The number of rotatable bonds is 2. The number of fused-ring (bicyclic) bond motifs is 1. The van der Waals surface area contributed by atoms with Gasteiger partial charge in [-0.1, -0.05) is 0 Å². The number of nitrogen functional groups attached to an aromatic ring is 1. The minimum atomic E-state index is -0.151. The van der Waals surface area contributed by atoms with Gasteiger partial charge in [0.15, 0.2) is 0 Å². The zero-order valence-electron chi connectivity index (χ0n) is 9.92. The molecule has 3 aromatic rings. The molecular formula is C14H10AsIN3. The van der Waals surface area contributed by atoms with Gasteiger partial charge in [0.25, 0.3) is 0 Å². The first-order valence-corrected chi connectivity index (χ1v) is 8.65. The molecule has 0 atom stereocenters. The van der Waals surface area contributed by atoms with Gasteiger partial charge in [-0.25, -0.2) is 0 Å². The maximum absolute atomic E-state index is 5.86. The van der Waals surface area contributed by atoms with Crippen LogP contribution in [0.1, 0.15) is 0 Å². The average Bonchev–Trinajstić information content (AvgIpc) is 2.39. The molecule has 0 unspecified atom stereocenters. The van der Waals surface area contributed by atoms with E-state index in [1.807, 2.05) is 18.2 Å². The molecule has 0 aliphatic heterocycles. The van der Waals surface area contributed by atoms with Crippen LogP contribution in [0.3, 0.4) is 0 Å². The van der Waals surface area contributed by atoms with Gasteiger partial charge in [-0.2, -0.15) is 0 Å². The van der Waals surface area contributed by atoms with Crippen LogP contribution in [0.25, 0.3) is 10.9 Å². The van der Waals surface area contributed by atoms with Gasteiger partial charge in [0.1, 0.15) is 0 Å². The van der Waals surface area contributed by atoms with E-state index in [4.69, 9.17) is 5.73 Å². The van der Waals surface area contributed by atoms with Gasteiger partial charge in [0.05, 0.1) is 0 Å². The van der Waals surface area contributed by atoms with E-state index in [-0.39, 0.29) is 15.8 Å². The fourth-order valence-corrected chi connectivity index (χ4v) is 5.03. The molecule has 0 amide bonds. The predicted molar refractivity (Wildman–Crippen MR) is 88.1 cm³/mol. The van der Waals surface area contributed by atoms with Crippen LogP contribution < -0.4 is 14.6 Å². The van der Waals surface area contributed by atoms with Crippen molar-refractivity contribution in [1.82, 2.24) is 9.97 Å². The molecule has 2 N–H and O–H groups in total. The molecule has 93 valence electrons. The van der Waals surface area contributed by atoms with E-state index in [0.29, 0.717) is 0 Å². The summed E-state index contributed by atoms with van der Waals surface area (Å²) in [5.74, 6) is 0. The normalized spacial score (nSPS) is 11.4. The fraction of sp³-hybridized carbons (Fsp3) is 0. The van der Waals surface area contributed by atoms with Gasteiger partial charge in [0, 0.05) is 0 Å². The van der Waals surface area contributed by atoms with Crippen molar-refractivity contribution in [2.24, 2.45) is 0 Å². The van der Waals surface area contributed by atoms with Crippen molar-refractivity contribution in [3.8, 4) is 0 Å². The molecule has 1 heterocycles. The first kappa shape index (κ1) is 12.9. The number of nitrogens with zero attached hydrogens (tertiary/aromatic N) is 2. The number of benzene rings is 2. The number of anilines is 1. The van der Waals surface area contributed by atoms with E-state index in [1.54, 1.807) is 6.33 Å². The van der Waals surface area contributed by atoms with Crippen molar-refractivity contribution >= 4 is 63.8 Å². The molecule has 0 saturated heterocycles. The molecule has 0 fully saturated rings. The first-order valence-electron chi connectivity index (χ1n) is 5.70. The molecule has 1 aromatic heterocycles. The van der Waals surface area contributed by atoms with E-state index >= 15 is 0 Å². The van der Waals surface area contributed by atoms with Crippen molar-refractivity contribution in [3.05, 3.63) is 52.4 Å². The number of hydrogen-bond acceptors (Lipinski definition) is 3. The Bertz CT molecular complexity index is 746. The average molecular weight is 422 g/mol. The molecule has 0 saturated carbocycles. The summed E-state index contributed by atoms with van der Waals surface area (Å²) in [4.78, 5) is 8.73. The van der Waals surface area contributed by atoms with Crippen molar-refractivity contribution in [2.45, 2.75) is 0 Å². The molecule has 0 aliphatic carbocycles. The van der Waals surface area contributed by atoms with Gasteiger partial charge in [-0.3, -0.25) is 0 Å². The van der Waals surface area contributed by atoms with Crippen LogP contribution in [0, 0.1) is 3.57 Å². The second kappa shape index (κ2) is 5.47. The molecule has 0 spiro atoms. The zero-order valence-corrected chi connectivity index (χ0v) is 13.9. The Morgan fingerprint density at radius 3 is 2.79 bits per heavy atom. The van der Waals surface area contributed by atoms with E-state index in [2.05, 4.69) is 56.8 Å². The summed E-state index contributed by atoms with van der Waals surface area (Å²) >= 11 is 2.18. The predicted octanol–water partition coefficient (Wildman–Crippen LogP) is 1.47. The van der Waals surface area contributed by atoms with Crippen LogP contribution in [0.15, 0.2) is 48.8 Å². The Kier molecular flexibility index (Phi) is 3.71. The maximum atomic E-state index is 5.86. The second-order valence-electron chi connectivity index (χ2n) is 4.07. The molecule has 19 heavy (non-hydrogen) atoms. The van der Waals surface area contributed by atoms with Gasteiger partial charge < -0.3 is 0 Å². The molecule has 0 aliphatic rings. The molecule has 1 radical (unpaired) electrons. The van der Waals surface area contributed by atoms with Crippen LogP contribution in [0.4, 0.5) is 5.69 Å². The number of hydrogen-bond donors (Lipinski definition) is 1. The minimum absolute atomic E-state index is 0.151. The summed E-state index contributed by atoms with van der Waals surface area (Å²) in [6.45, 7) is 0. The van der Waals surface area contributed by atoms with E-state index in [9.17, 15) is 0 Å². The van der Waals surface area contributed by atoms with Gasteiger partial charge in [0.2, 0.25) is 0 Å². The van der Waals surface area contributed by atoms with Crippen molar-refractivity contribution in [1.29, 1.82) is 0 Å². The van der Waals surface area contributed by atoms with Gasteiger partial charge in [-0.05, 0) is 0 Å². The molecule has 3 rings (SSSR count). The topological polar surface area (TPSA) is 51.8 Å². The number of nitrogens with two attached hydrogens (primary N) is 1. The molecular weight excluding hydrogens is 412 g/mol. The van der Waals surface area contributed by atoms with Gasteiger partial charge in [-0.15, -0.1) is 0 Å². The summed E-state index contributed by atoms with van der Waals surface area (Å²) in [5.41, 5.74) is 7.58.